The van der Waals surface area contributed by atoms with E-state index in [0.717, 1.165) is 5.56 Å². The van der Waals surface area contributed by atoms with Crippen LogP contribution >= 0.6 is 34.2 Å². The van der Waals surface area contributed by atoms with Crippen molar-refractivity contribution in [2.24, 2.45) is 0 Å². The number of aliphatic hydroxyl groups is 3. The number of nitrogens with one attached hydrogen (secondary N) is 1. The molecule has 0 bridgehead atoms. The Morgan fingerprint density at radius 1 is 1.18 bits per heavy atom. The molecule has 212 valence electrons. The predicted octanol–water partition coefficient (Wildman–Crippen LogP) is 3.19. The van der Waals surface area contributed by atoms with E-state index < -0.39 is 24.2 Å². The minimum absolute atomic E-state index is 0.0620. The lowest BCUT2D eigenvalue weighted by Crippen LogP contribution is -2.54. The zero-order valence-electron chi connectivity index (χ0n) is 21.9. The third-order valence-electron chi connectivity index (χ3n) is 6.39. The SMILES string of the molecule is CCCC(=O)N(Cc1ccc(Cl)cc1)C1CC(C(=O)NCCO)=CC(Oc2c(I)cc(CO)cc2OC)C1O. The maximum atomic E-state index is 13.3. The number of amides is 2. The van der Waals surface area contributed by atoms with E-state index >= 15 is 0 Å². The highest BCUT2D eigenvalue weighted by Gasteiger charge is 2.40. The molecule has 3 rings (SSSR count). The number of halogens is 2. The zero-order chi connectivity index (χ0) is 28.5. The lowest BCUT2D eigenvalue weighted by molar-refractivity contribution is -0.139. The van der Waals surface area contributed by atoms with Crippen molar-refractivity contribution in [3.63, 3.8) is 0 Å². The highest BCUT2D eigenvalue weighted by molar-refractivity contribution is 14.1. The number of nitrogens with zero attached hydrogens (tertiary/aromatic N) is 1. The van der Waals surface area contributed by atoms with Gasteiger partial charge in [-0.2, -0.15) is 0 Å². The summed E-state index contributed by atoms with van der Waals surface area (Å²) in [4.78, 5) is 27.9. The highest BCUT2D eigenvalue weighted by Crippen LogP contribution is 2.37. The molecule has 3 atom stereocenters. The molecule has 2 amide bonds. The van der Waals surface area contributed by atoms with Crippen LogP contribution in [0.25, 0.3) is 0 Å². The standard InChI is InChI=1S/C28H34ClIN2O7/c1-3-4-25(35)32(15-17-5-7-20(29)8-6-17)22-13-19(28(37)31-9-10-33)14-23(26(22)36)39-27-21(30)11-18(16-34)12-24(27)38-2/h5-8,11-12,14,22-23,26,33-34,36H,3-4,9-10,13,15-16H2,1-2H3,(H,31,37). The van der Waals surface area contributed by atoms with Crippen molar-refractivity contribution in [3.8, 4) is 11.5 Å². The fourth-order valence-electron chi connectivity index (χ4n) is 4.43. The van der Waals surface area contributed by atoms with Crippen LogP contribution in [0.1, 0.15) is 37.3 Å². The van der Waals surface area contributed by atoms with Crippen molar-refractivity contribution in [2.45, 2.75) is 57.6 Å². The van der Waals surface area contributed by atoms with E-state index in [-0.39, 0.29) is 45.1 Å². The van der Waals surface area contributed by atoms with Gasteiger partial charge >= 0.3 is 0 Å². The molecule has 0 radical (unpaired) electrons. The van der Waals surface area contributed by atoms with E-state index in [1.165, 1.54) is 7.11 Å². The van der Waals surface area contributed by atoms with Crippen molar-refractivity contribution in [3.05, 3.63) is 67.8 Å². The maximum absolute atomic E-state index is 13.3. The van der Waals surface area contributed by atoms with E-state index in [1.54, 1.807) is 35.2 Å². The number of carbonyl (C=O) groups is 2. The quantitative estimate of drug-likeness (QED) is 0.255. The van der Waals surface area contributed by atoms with Crippen LogP contribution < -0.4 is 14.8 Å². The molecule has 9 nitrogen and oxygen atoms in total. The number of hydrogen-bond donors (Lipinski definition) is 4. The monoisotopic (exact) mass is 672 g/mol. The fourth-order valence-corrected chi connectivity index (χ4v) is 5.35. The van der Waals surface area contributed by atoms with Gasteiger partial charge in [-0.1, -0.05) is 30.7 Å². The smallest absolute Gasteiger partial charge is 0.247 e. The van der Waals surface area contributed by atoms with Crippen LogP contribution in [-0.4, -0.2) is 70.5 Å². The summed E-state index contributed by atoms with van der Waals surface area (Å²) < 4.78 is 12.4. The van der Waals surface area contributed by atoms with Gasteiger partial charge < -0.3 is 35.0 Å². The molecule has 3 unspecified atom stereocenters. The molecule has 1 aliphatic rings. The molecule has 2 aromatic rings. The number of aliphatic hydroxyl groups excluding tert-OH is 3. The molecule has 0 fully saturated rings. The van der Waals surface area contributed by atoms with Crippen molar-refractivity contribution in [2.75, 3.05) is 20.3 Å². The van der Waals surface area contributed by atoms with Crippen LogP contribution in [0.5, 0.6) is 11.5 Å². The van der Waals surface area contributed by atoms with E-state index in [1.807, 2.05) is 19.1 Å². The molecular formula is C28H34ClIN2O7. The van der Waals surface area contributed by atoms with Gasteiger partial charge in [0.05, 0.1) is 29.9 Å². The van der Waals surface area contributed by atoms with Gasteiger partial charge in [0.1, 0.15) is 12.2 Å². The number of benzene rings is 2. The van der Waals surface area contributed by atoms with Crippen LogP contribution in [-0.2, 0) is 22.7 Å². The van der Waals surface area contributed by atoms with Crippen molar-refractivity contribution < 1.29 is 34.4 Å². The lowest BCUT2D eigenvalue weighted by Gasteiger charge is -2.40. The minimum Gasteiger partial charge on any atom is -0.493 e. The van der Waals surface area contributed by atoms with Crippen molar-refractivity contribution in [1.82, 2.24) is 10.2 Å². The Balaban J connectivity index is 2.02. The van der Waals surface area contributed by atoms with Crippen LogP contribution in [0, 0.1) is 3.57 Å². The highest BCUT2D eigenvalue weighted by atomic mass is 127. The molecule has 4 N–H and O–H groups in total. The Kier molecular flexibility index (Phi) is 11.9. The summed E-state index contributed by atoms with van der Waals surface area (Å²) in [6.07, 6.45) is 0.360. The molecular weight excluding hydrogens is 639 g/mol. The first-order valence-corrected chi connectivity index (χ1v) is 14.1. The molecule has 0 aliphatic heterocycles. The zero-order valence-corrected chi connectivity index (χ0v) is 24.8. The summed E-state index contributed by atoms with van der Waals surface area (Å²) in [7, 11) is 1.47. The molecule has 0 aromatic heterocycles. The number of rotatable bonds is 12. The average molecular weight is 673 g/mol. The van der Waals surface area contributed by atoms with Crippen LogP contribution in [0.3, 0.4) is 0 Å². The summed E-state index contributed by atoms with van der Waals surface area (Å²) >= 11 is 8.10. The average Bonchev–Trinajstić information content (AvgIpc) is 2.93. The number of hydrogen-bond acceptors (Lipinski definition) is 7. The van der Waals surface area contributed by atoms with Gasteiger partial charge in [0, 0.05) is 36.5 Å². The topological polar surface area (TPSA) is 129 Å². The van der Waals surface area contributed by atoms with Gasteiger partial charge in [-0.05, 0) is 70.5 Å². The van der Waals surface area contributed by atoms with Crippen LogP contribution in [0.2, 0.25) is 5.02 Å². The summed E-state index contributed by atoms with van der Waals surface area (Å²) in [5, 5.41) is 33.6. The Morgan fingerprint density at radius 2 is 1.90 bits per heavy atom. The Labute approximate surface area is 246 Å². The van der Waals surface area contributed by atoms with Gasteiger partial charge in [-0.25, -0.2) is 0 Å². The molecule has 2 aromatic carbocycles. The number of methoxy groups -OCH3 is 1. The van der Waals surface area contributed by atoms with Crippen molar-refractivity contribution >= 4 is 46.0 Å². The van der Waals surface area contributed by atoms with Crippen molar-refractivity contribution in [1.29, 1.82) is 0 Å². The first kappa shape index (κ1) is 31.2. The normalized spacial score (nSPS) is 18.7. The number of carbonyl (C=O) groups excluding carboxylic acids is 2. The van der Waals surface area contributed by atoms with Gasteiger partial charge in [-0.15, -0.1) is 0 Å². The van der Waals surface area contributed by atoms with Gasteiger partial charge in [0.25, 0.3) is 0 Å². The second-order valence-electron chi connectivity index (χ2n) is 9.18. The third kappa shape index (κ3) is 8.07. The minimum atomic E-state index is -1.18. The molecule has 0 saturated carbocycles. The second kappa shape index (κ2) is 14.8. The largest absolute Gasteiger partial charge is 0.493 e. The first-order chi connectivity index (χ1) is 18.7. The predicted molar refractivity (Wildman–Crippen MR) is 156 cm³/mol. The molecule has 0 heterocycles. The Morgan fingerprint density at radius 3 is 2.51 bits per heavy atom. The molecule has 11 heteroatoms. The van der Waals surface area contributed by atoms with Gasteiger partial charge in [-0.3, -0.25) is 9.59 Å². The molecule has 0 spiro atoms. The summed E-state index contributed by atoms with van der Waals surface area (Å²) in [6.45, 7) is 1.76. The first-order valence-electron chi connectivity index (χ1n) is 12.7. The summed E-state index contributed by atoms with van der Waals surface area (Å²) in [5.74, 6) is 0.128. The van der Waals surface area contributed by atoms with E-state index in [2.05, 4.69) is 27.9 Å². The Hall–Kier alpha value is -2.38. The van der Waals surface area contributed by atoms with Crippen LogP contribution in [0.4, 0.5) is 0 Å². The third-order valence-corrected chi connectivity index (χ3v) is 7.44. The van der Waals surface area contributed by atoms with Gasteiger partial charge in [0.15, 0.2) is 11.5 Å². The molecule has 39 heavy (non-hydrogen) atoms. The molecule has 0 saturated heterocycles. The van der Waals surface area contributed by atoms with Gasteiger partial charge in [0.2, 0.25) is 11.8 Å². The van der Waals surface area contributed by atoms with E-state index in [9.17, 15) is 24.9 Å². The van der Waals surface area contributed by atoms with E-state index in [4.69, 9.17) is 21.1 Å². The second-order valence-corrected chi connectivity index (χ2v) is 10.8. The summed E-state index contributed by atoms with van der Waals surface area (Å²) in [5.41, 5.74) is 1.78. The van der Waals surface area contributed by atoms with E-state index in [0.29, 0.717) is 37.6 Å². The number of ether oxygens (including phenoxy) is 2. The Bertz CT molecular complexity index is 1180. The fraction of sp³-hybridized carbons (Fsp3) is 0.429. The maximum Gasteiger partial charge on any atom is 0.247 e. The molecule has 1 aliphatic carbocycles. The summed E-state index contributed by atoms with van der Waals surface area (Å²) in [6, 6.07) is 9.71. The van der Waals surface area contributed by atoms with Crippen LogP contribution in [0.15, 0.2) is 48.0 Å². The lowest BCUT2D eigenvalue weighted by atomic mass is 9.87.